The van der Waals surface area contributed by atoms with Crippen molar-refractivity contribution < 1.29 is 23.1 Å². The highest BCUT2D eigenvalue weighted by Crippen LogP contribution is 2.11. The molecule has 7 nitrogen and oxygen atoms in total. The van der Waals surface area contributed by atoms with E-state index in [0.717, 1.165) is 0 Å². The first-order chi connectivity index (χ1) is 10.6. The van der Waals surface area contributed by atoms with Crippen LogP contribution in [0.4, 0.5) is 0 Å². The van der Waals surface area contributed by atoms with Crippen molar-refractivity contribution in [1.82, 2.24) is 10.0 Å². The molecular formula is C15H22N2O5S. The molecule has 1 aromatic carbocycles. The van der Waals surface area contributed by atoms with E-state index in [1.807, 2.05) is 0 Å². The van der Waals surface area contributed by atoms with Crippen LogP contribution in [0.1, 0.15) is 37.6 Å². The van der Waals surface area contributed by atoms with E-state index in [-0.39, 0.29) is 35.7 Å². The molecule has 0 aliphatic carbocycles. The molecule has 1 amide bonds. The normalized spacial score (nSPS) is 12.9. The van der Waals surface area contributed by atoms with E-state index >= 15 is 0 Å². The van der Waals surface area contributed by atoms with Gasteiger partial charge in [0.1, 0.15) is 0 Å². The van der Waals surface area contributed by atoms with Crippen LogP contribution >= 0.6 is 0 Å². The van der Waals surface area contributed by atoms with Gasteiger partial charge in [-0.1, -0.05) is 6.92 Å². The van der Waals surface area contributed by atoms with Crippen molar-refractivity contribution in [2.24, 2.45) is 5.92 Å². The quantitative estimate of drug-likeness (QED) is 0.657. The van der Waals surface area contributed by atoms with E-state index in [9.17, 15) is 18.0 Å². The van der Waals surface area contributed by atoms with Gasteiger partial charge in [-0.2, -0.15) is 0 Å². The summed E-state index contributed by atoms with van der Waals surface area (Å²) in [5.74, 6) is -1.48. The van der Waals surface area contributed by atoms with Crippen molar-refractivity contribution in [3.05, 3.63) is 29.8 Å². The second kappa shape index (κ2) is 8.07. The maximum Gasteiger partial charge on any atom is 0.303 e. The maximum atomic E-state index is 12.0. The summed E-state index contributed by atoms with van der Waals surface area (Å²) in [4.78, 5) is 22.6. The van der Waals surface area contributed by atoms with Crippen LogP contribution in [0.25, 0.3) is 0 Å². The number of carboxylic acid groups (broad SMARTS) is 1. The molecule has 0 heterocycles. The molecule has 1 atom stereocenters. The monoisotopic (exact) mass is 342 g/mol. The lowest BCUT2D eigenvalue weighted by Gasteiger charge is -2.11. The molecule has 0 aliphatic heterocycles. The molecule has 128 valence electrons. The van der Waals surface area contributed by atoms with E-state index in [0.29, 0.717) is 5.56 Å². The molecule has 8 heteroatoms. The van der Waals surface area contributed by atoms with Crippen molar-refractivity contribution >= 4 is 21.9 Å². The van der Waals surface area contributed by atoms with Crippen molar-refractivity contribution in [2.75, 3.05) is 6.54 Å². The van der Waals surface area contributed by atoms with E-state index in [1.54, 1.807) is 20.8 Å². The van der Waals surface area contributed by atoms with Crippen LogP contribution in [-0.2, 0) is 14.8 Å². The summed E-state index contributed by atoms with van der Waals surface area (Å²) < 4.78 is 26.4. The second-order valence-corrected chi connectivity index (χ2v) is 7.43. The highest BCUT2D eigenvalue weighted by molar-refractivity contribution is 7.89. The molecule has 0 bridgehead atoms. The van der Waals surface area contributed by atoms with Crippen molar-refractivity contribution in [3.8, 4) is 0 Å². The number of rotatable bonds is 8. The minimum atomic E-state index is -3.59. The Morgan fingerprint density at radius 3 is 2.17 bits per heavy atom. The Hall–Kier alpha value is -1.93. The number of aliphatic carboxylic acids is 1. The lowest BCUT2D eigenvalue weighted by molar-refractivity contribution is -0.137. The Bertz CT molecular complexity index is 653. The third-order valence-corrected chi connectivity index (χ3v) is 4.63. The highest BCUT2D eigenvalue weighted by Gasteiger charge is 2.16. The Balaban J connectivity index is 2.69. The van der Waals surface area contributed by atoms with Gasteiger partial charge in [0.05, 0.1) is 4.90 Å². The number of carbonyl (C=O) groups excluding carboxylic acids is 1. The SMILES string of the molecule is CC(CNC(=O)c1ccc(S(=O)(=O)NC(C)C)cc1)CC(=O)O. The number of amides is 1. The van der Waals surface area contributed by atoms with Crippen LogP contribution in [0.3, 0.4) is 0 Å². The highest BCUT2D eigenvalue weighted by atomic mass is 32.2. The lowest BCUT2D eigenvalue weighted by atomic mass is 10.1. The van der Waals surface area contributed by atoms with Gasteiger partial charge in [-0.05, 0) is 44.0 Å². The maximum absolute atomic E-state index is 12.0. The first kappa shape index (κ1) is 19.1. The standard InChI is InChI=1S/C15H22N2O5S/c1-10(2)17-23(21,22)13-6-4-12(5-7-13)15(20)16-9-11(3)8-14(18)19/h4-7,10-11,17H,8-9H2,1-3H3,(H,16,20)(H,18,19). The number of hydrogen-bond donors (Lipinski definition) is 3. The van der Waals surface area contributed by atoms with Crippen LogP contribution in [0.2, 0.25) is 0 Å². The lowest BCUT2D eigenvalue weighted by Crippen LogP contribution is -2.30. The summed E-state index contributed by atoms with van der Waals surface area (Å²) in [5, 5.41) is 11.3. The Morgan fingerprint density at radius 1 is 1.13 bits per heavy atom. The number of nitrogens with one attached hydrogen (secondary N) is 2. The molecule has 23 heavy (non-hydrogen) atoms. The predicted octanol–water partition coefficient (Wildman–Crippen LogP) is 1.21. The van der Waals surface area contributed by atoms with E-state index in [2.05, 4.69) is 10.0 Å². The summed E-state index contributed by atoms with van der Waals surface area (Å²) in [6, 6.07) is 5.34. The third-order valence-electron chi connectivity index (χ3n) is 2.95. The van der Waals surface area contributed by atoms with Gasteiger partial charge < -0.3 is 10.4 Å². The first-order valence-corrected chi connectivity index (χ1v) is 8.72. The van der Waals surface area contributed by atoms with Gasteiger partial charge in [0.15, 0.2) is 0 Å². The smallest absolute Gasteiger partial charge is 0.303 e. The number of benzene rings is 1. The summed E-state index contributed by atoms with van der Waals surface area (Å²) in [7, 11) is -3.59. The summed E-state index contributed by atoms with van der Waals surface area (Å²) in [5.41, 5.74) is 0.316. The molecule has 0 aromatic heterocycles. The number of carbonyl (C=O) groups is 2. The Morgan fingerprint density at radius 2 is 1.70 bits per heavy atom. The molecule has 3 N–H and O–H groups in total. The molecule has 1 rings (SSSR count). The molecule has 0 saturated heterocycles. The van der Waals surface area contributed by atoms with Gasteiger partial charge in [0.25, 0.3) is 5.91 Å². The molecule has 0 radical (unpaired) electrons. The number of hydrogen-bond acceptors (Lipinski definition) is 4. The molecular weight excluding hydrogens is 320 g/mol. The van der Waals surface area contributed by atoms with Gasteiger partial charge in [-0.15, -0.1) is 0 Å². The Kier molecular flexibility index (Phi) is 6.71. The first-order valence-electron chi connectivity index (χ1n) is 7.24. The average molecular weight is 342 g/mol. The second-order valence-electron chi connectivity index (χ2n) is 5.71. The van der Waals surface area contributed by atoms with Gasteiger partial charge in [0.2, 0.25) is 10.0 Å². The predicted molar refractivity (Wildman–Crippen MR) is 85.6 cm³/mol. The van der Waals surface area contributed by atoms with E-state index in [1.165, 1.54) is 24.3 Å². The zero-order valence-electron chi connectivity index (χ0n) is 13.4. The average Bonchev–Trinajstić information content (AvgIpc) is 2.43. The Labute approximate surface area is 136 Å². The number of carboxylic acids is 1. The fraction of sp³-hybridized carbons (Fsp3) is 0.467. The topological polar surface area (TPSA) is 113 Å². The molecule has 1 aromatic rings. The van der Waals surface area contributed by atoms with Gasteiger partial charge >= 0.3 is 5.97 Å². The largest absolute Gasteiger partial charge is 0.481 e. The molecule has 1 unspecified atom stereocenters. The van der Waals surface area contributed by atoms with Crippen LogP contribution in [-0.4, -0.2) is 38.0 Å². The molecule has 0 aliphatic rings. The summed E-state index contributed by atoms with van der Waals surface area (Å²) >= 11 is 0. The van der Waals surface area contributed by atoms with Crippen LogP contribution < -0.4 is 10.0 Å². The van der Waals surface area contributed by atoms with Crippen molar-refractivity contribution in [2.45, 2.75) is 38.1 Å². The molecule has 0 saturated carbocycles. The zero-order chi connectivity index (χ0) is 17.6. The minimum absolute atomic E-state index is 0.0294. The van der Waals surface area contributed by atoms with Crippen LogP contribution in [0, 0.1) is 5.92 Å². The summed E-state index contributed by atoms with van der Waals surface area (Å²) in [6.45, 7) is 5.40. The third kappa shape index (κ3) is 6.37. The van der Waals surface area contributed by atoms with Crippen LogP contribution in [0.15, 0.2) is 29.2 Å². The van der Waals surface area contributed by atoms with E-state index in [4.69, 9.17) is 5.11 Å². The van der Waals surface area contributed by atoms with Gasteiger partial charge in [-0.25, -0.2) is 13.1 Å². The number of sulfonamides is 1. The van der Waals surface area contributed by atoms with Crippen LogP contribution in [0.5, 0.6) is 0 Å². The molecule has 0 spiro atoms. The zero-order valence-corrected chi connectivity index (χ0v) is 14.2. The van der Waals surface area contributed by atoms with Crippen molar-refractivity contribution in [1.29, 1.82) is 0 Å². The van der Waals surface area contributed by atoms with E-state index < -0.39 is 16.0 Å². The minimum Gasteiger partial charge on any atom is -0.481 e. The summed E-state index contributed by atoms with van der Waals surface area (Å²) in [6.07, 6.45) is -0.0294. The van der Waals surface area contributed by atoms with Crippen molar-refractivity contribution in [3.63, 3.8) is 0 Å². The molecule has 0 fully saturated rings. The van der Waals surface area contributed by atoms with Gasteiger partial charge in [0, 0.05) is 24.6 Å². The fourth-order valence-electron chi connectivity index (χ4n) is 1.90. The fourth-order valence-corrected chi connectivity index (χ4v) is 3.15. The van der Waals surface area contributed by atoms with Gasteiger partial charge in [-0.3, -0.25) is 9.59 Å².